The van der Waals surface area contributed by atoms with Crippen LogP contribution >= 0.6 is 0 Å². The van der Waals surface area contributed by atoms with Gasteiger partial charge in [-0.2, -0.15) is 0 Å². The minimum absolute atomic E-state index is 0.279. The van der Waals surface area contributed by atoms with Crippen molar-refractivity contribution in [3.05, 3.63) is 191 Å². The minimum Gasteiger partial charge on any atom is -0.459 e. The third-order valence-electron chi connectivity index (χ3n) is 12.1. The summed E-state index contributed by atoms with van der Waals surface area (Å²) < 4.78 is 12.2. The van der Waals surface area contributed by atoms with Gasteiger partial charge in [0.1, 0.15) is 23.3 Å². The van der Waals surface area contributed by atoms with Crippen LogP contribution in [-0.2, 0) is 30.1 Å². The molecule has 2 atom stereocenters. The van der Waals surface area contributed by atoms with Gasteiger partial charge in [0.25, 0.3) is 0 Å². The van der Waals surface area contributed by atoms with Gasteiger partial charge in [-0.1, -0.05) is 158 Å². The van der Waals surface area contributed by atoms with E-state index in [2.05, 4.69) is 83.4 Å². The van der Waals surface area contributed by atoms with Crippen LogP contribution in [0.5, 0.6) is 0 Å². The Morgan fingerprint density at radius 1 is 0.452 bits per heavy atom. The summed E-state index contributed by atoms with van der Waals surface area (Å²) in [6.45, 7) is 11.2. The summed E-state index contributed by atoms with van der Waals surface area (Å²) >= 11 is 0. The number of esters is 2. The van der Waals surface area contributed by atoms with Gasteiger partial charge in [0.15, 0.2) is 0 Å². The van der Waals surface area contributed by atoms with Gasteiger partial charge >= 0.3 is 11.9 Å². The molecule has 7 heteroatoms. The Hall–Kier alpha value is -5.86. The Kier molecular flexibility index (Phi) is 11.8. The number of aliphatic hydroxyl groups is 1. The van der Waals surface area contributed by atoms with Crippen molar-refractivity contribution in [2.24, 2.45) is 0 Å². The lowest BCUT2D eigenvalue weighted by molar-refractivity contribution is -0.159. The zero-order chi connectivity index (χ0) is 43.7. The summed E-state index contributed by atoms with van der Waals surface area (Å²) in [6, 6.07) is 52.3. The van der Waals surface area contributed by atoms with E-state index in [-0.39, 0.29) is 25.7 Å². The Morgan fingerprint density at radius 3 is 1.02 bits per heavy atom. The Labute approximate surface area is 366 Å². The van der Waals surface area contributed by atoms with Crippen molar-refractivity contribution in [2.45, 2.75) is 108 Å². The maximum Gasteiger partial charge on any atom is 0.323 e. The molecule has 318 valence electrons. The largest absolute Gasteiger partial charge is 0.459 e. The molecule has 0 saturated carbocycles. The quantitative estimate of drug-likeness (QED) is 0.0941. The first-order chi connectivity index (χ1) is 29.7. The summed E-state index contributed by atoms with van der Waals surface area (Å²) in [5, 5.41) is 19.7. The third kappa shape index (κ3) is 8.25. The molecular weight excluding hydrogens is 769 g/mol. The monoisotopic (exact) mass is 826 g/mol. The fraction of sp³-hybridized carbons (Fsp3) is 0.309. The van der Waals surface area contributed by atoms with Crippen LogP contribution in [0.25, 0.3) is 22.3 Å². The van der Waals surface area contributed by atoms with Crippen LogP contribution in [0.4, 0.5) is 0 Å². The molecule has 0 aliphatic heterocycles. The van der Waals surface area contributed by atoms with Crippen molar-refractivity contribution < 1.29 is 24.2 Å². The molecule has 8 rings (SSSR count). The first-order valence-electron chi connectivity index (χ1n) is 21.9. The molecule has 3 N–H and O–H groups in total. The molecule has 0 amide bonds. The third-order valence-corrected chi connectivity index (χ3v) is 12.1. The summed E-state index contributed by atoms with van der Waals surface area (Å²) in [4.78, 5) is 28.7. The van der Waals surface area contributed by atoms with Crippen LogP contribution in [-0.4, -0.2) is 46.4 Å². The summed E-state index contributed by atoms with van der Waals surface area (Å²) in [5.41, 5.74) is 7.40. The van der Waals surface area contributed by atoms with Crippen molar-refractivity contribution in [3.8, 4) is 22.3 Å². The van der Waals surface area contributed by atoms with E-state index in [4.69, 9.17) is 9.47 Å². The molecule has 0 bridgehead atoms. The number of ether oxygens (including phenoxy) is 2. The highest BCUT2D eigenvalue weighted by Gasteiger charge is 2.49. The zero-order valence-electron chi connectivity index (χ0n) is 36.7. The molecule has 2 aliphatic carbocycles. The van der Waals surface area contributed by atoms with Gasteiger partial charge in [-0.3, -0.25) is 20.2 Å². The van der Waals surface area contributed by atoms with Crippen molar-refractivity contribution in [1.29, 1.82) is 0 Å². The van der Waals surface area contributed by atoms with Crippen LogP contribution in [0.15, 0.2) is 158 Å². The summed E-state index contributed by atoms with van der Waals surface area (Å²) in [6.07, 6.45) is 0.284. The highest BCUT2D eigenvalue weighted by molar-refractivity contribution is 5.86. The van der Waals surface area contributed by atoms with Crippen LogP contribution < -0.4 is 10.6 Å². The molecule has 6 aromatic rings. The average molecular weight is 827 g/mol. The fourth-order valence-corrected chi connectivity index (χ4v) is 9.57. The van der Waals surface area contributed by atoms with E-state index in [1.807, 2.05) is 126 Å². The maximum atomic E-state index is 14.4. The number of benzene rings is 6. The van der Waals surface area contributed by atoms with E-state index in [1.54, 1.807) is 0 Å². The molecule has 0 heterocycles. The molecule has 0 aromatic heterocycles. The Balaban J connectivity index is 1.10. The Morgan fingerprint density at radius 2 is 0.726 bits per heavy atom. The molecular formula is C55H58N2O5. The molecule has 2 aliphatic rings. The smallest absolute Gasteiger partial charge is 0.323 e. The summed E-state index contributed by atoms with van der Waals surface area (Å²) in [7, 11) is 0. The molecule has 0 unspecified atom stereocenters. The minimum atomic E-state index is -0.869. The zero-order valence-corrected chi connectivity index (χ0v) is 36.7. The van der Waals surface area contributed by atoms with E-state index in [0.717, 1.165) is 55.6 Å². The lowest BCUT2D eigenvalue weighted by Gasteiger charge is -2.38. The maximum absolute atomic E-state index is 14.4. The van der Waals surface area contributed by atoms with E-state index in [9.17, 15) is 14.7 Å². The van der Waals surface area contributed by atoms with Gasteiger partial charge in [0.2, 0.25) is 0 Å². The van der Waals surface area contributed by atoms with Crippen LogP contribution in [0.3, 0.4) is 0 Å². The highest BCUT2D eigenvalue weighted by atomic mass is 16.6. The molecule has 0 saturated heterocycles. The molecule has 6 aromatic carbocycles. The molecule has 0 fully saturated rings. The van der Waals surface area contributed by atoms with Gasteiger partial charge < -0.3 is 14.6 Å². The second-order valence-electron chi connectivity index (χ2n) is 18.7. The van der Waals surface area contributed by atoms with Crippen molar-refractivity contribution in [2.75, 3.05) is 0 Å². The Bertz CT molecular complexity index is 2270. The number of rotatable bonds is 14. The van der Waals surface area contributed by atoms with Crippen molar-refractivity contribution >= 4 is 11.9 Å². The lowest BCUT2D eigenvalue weighted by Crippen LogP contribution is -2.53. The van der Waals surface area contributed by atoms with Gasteiger partial charge in [0, 0.05) is 0 Å². The fourth-order valence-electron chi connectivity index (χ4n) is 9.57. The van der Waals surface area contributed by atoms with Gasteiger partial charge in [-0.05, 0) is 123 Å². The molecule has 0 spiro atoms. The second kappa shape index (κ2) is 17.1. The average Bonchev–Trinajstić information content (AvgIpc) is 3.71. The number of carbonyl (C=O) groups is 2. The predicted molar refractivity (Wildman–Crippen MR) is 246 cm³/mol. The predicted octanol–water partition coefficient (Wildman–Crippen LogP) is 10.5. The van der Waals surface area contributed by atoms with Crippen LogP contribution in [0, 0.1) is 0 Å². The lowest BCUT2D eigenvalue weighted by atomic mass is 9.79. The number of hydrogen-bond donors (Lipinski definition) is 3. The topological polar surface area (TPSA) is 96.9 Å². The SMILES string of the molecule is CC(C)(C)OC(=O)[C@H](CCC(O)CC[C@H](NC1(c2ccccc2)c2ccccc2-c2ccccc21)C(=O)OC(C)(C)C)NC1(c2ccccc2)c2ccccc2-c2ccccc21. The van der Waals surface area contributed by atoms with Crippen molar-refractivity contribution in [1.82, 2.24) is 10.6 Å². The number of fused-ring (bicyclic) bond motifs is 6. The van der Waals surface area contributed by atoms with E-state index >= 15 is 0 Å². The number of carbonyl (C=O) groups excluding carboxylic acids is 2. The number of hydrogen-bond acceptors (Lipinski definition) is 7. The van der Waals surface area contributed by atoms with Crippen LogP contribution in [0.1, 0.15) is 101 Å². The van der Waals surface area contributed by atoms with E-state index in [1.165, 1.54) is 0 Å². The van der Waals surface area contributed by atoms with Gasteiger partial charge in [-0.15, -0.1) is 0 Å². The molecule has 62 heavy (non-hydrogen) atoms. The standard InChI is InChI=1S/C55H58N2O5/c1-52(2,3)61-50(59)48(56-54(37-21-9-7-10-22-37)44-29-17-13-25-40(44)41-26-14-18-30-45(41)54)35-33-39(58)34-36-49(51(60)62-53(4,5)6)57-55(38-23-11-8-12-24-38)46-31-19-15-27-42(46)43-28-16-20-32-47(43)55/h7-32,39,48-49,56-58H,33-36H2,1-6H3/t48-,49-/m0/s1. The second-order valence-corrected chi connectivity index (χ2v) is 18.7. The number of nitrogens with one attached hydrogen (secondary N) is 2. The van der Waals surface area contributed by atoms with Gasteiger partial charge in [-0.25, -0.2) is 0 Å². The normalized spacial score (nSPS) is 15.5. The van der Waals surface area contributed by atoms with Crippen LogP contribution in [0.2, 0.25) is 0 Å². The highest BCUT2D eigenvalue weighted by Crippen LogP contribution is 2.53. The van der Waals surface area contributed by atoms with Crippen molar-refractivity contribution in [3.63, 3.8) is 0 Å². The van der Waals surface area contributed by atoms with E-state index < -0.39 is 52.4 Å². The number of aliphatic hydroxyl groups excluding tert-OH is 1. The first kappa shape index (κ1) is 42.8. The molecule has 7 nitrogen and oxygen atoms in total. The summed E-state index contributed by atoms with van der Waals surface area (Å²) in [5.74, 6) is -0.780. The van der Waals surface area contributed by atoms with Gasteiger partial charge in [0.05, 0.1) is 17.2 Å². The first-order valence-corrected chi connectivity index (χ1v) is 21.9. The van der Waals surface area contributed by atoms with E-state index in [0.29, 0.717) is 0 Å². The molecule has 0 radical (unpaired) electrons.